The Hall–Kier alpha value is -1.43. The molecule has 1 aliphatic heterocycles. The maximum atomic E-state index is 12.5. The van der Waals surface area contributed by atoms with E-state index in [1.165, 1.54) is 6.20 Å². The molecule has 70 valence electrons. The molecule has 0 bridgehead atoms. The molecule has 0 radical (unpaired) electrons. The zero-order valence-electron chi connectivity index (χ0n) is 6.74. The smallest absolute Gasteiger partial charge is 0.311 e. The number of aromatic nitrogens is 2. The Balaban J connectivity index is 2.13. The molecule has 0 saturated carbocycles. The lowest BCUT2D eigenvalue weighted by molar-refractivity contribution is -0.0813. The van der Waals surface area contributed by atoms with Gasteiger partial charge >= 0.3 is 6.08 Å². The summed E-state index contributed by atoms with van der Waals surface area (Å²) in [5, 5.41) is 0. The molecule has 0 amide bonds. The fraction of sp³-hybridized carbons (Fsp3) is 0.429. The standard InChI is InChI=1S/C7H8FN3O2/c8-7-10-1-5(9)6(11-7)13-4-2-12-3-4/h1,4H,2-3,9H2. The Morgan fingerprint density at radius 2 is 2.38 bits per heavy atom. The van der Waals surface area contributed by atoms with Crippen molar-refractivity contribution in [1.82, 2.24) is 9.97 Å². The van der Waals surface area contributed by atoms with Crippen molar-refractivity contribution in [3.8, 4) is 5.88 Å². The van der Waals surface area contributed by atoms with Gasteiger partial charge in [0.25, 0.3) is 0 Å². The van der Waals surface area contributed by atoms with Gasteiger partial charge in [-0.2, -0.15) is 9.37 Å². The quantitative estimate of drug-likeness (QED) is 0.655. The SMILES string of the molecule is Nc1cnc(F)nc1OC1COC1. The average molecular weight is 185 g/mol. The third kappa shape index (κ3) is 1.67. The van der Waals surface area contributed by atoms with Crippen molar-refractivity contribution in [2.24, 2.45) is 0 Å². The summed E-state index contributed by atoms with van der Waals surface area (Å²) in [6.45, 7) is 0.982. The van der Waals surface area contributed by atoms with Gasteiger partial charge in [-0.15, -0.1) is 0 Å². The Kier molecular flexibility index (Phi) is 1.97. The molecule has 6 heteroatoms. The van der Waals surface area contributed by atoms with E-state index in [2.05, 4.69) is 9.97 Å². The number of ether oxygens (including phenoxy) is 2. The van der Waals surface area contributed by atoms with Gasteiger partial charge in [0.2, 0.25) is 5.88 Å². The Morgan fingerprint density at radius 3 is 3.00 bits per heavy atom. The Morgan fingerprint density at radius 1 is 1.62 bits per heavy atom. The van der Waals surface area contributed by atoms with Gasteiger partial charge in [-0.3, -0.25) is 0 Å². The van der Waals surface area contributed by atoms with E-state index in [-0.39, 0.29) is 17.7 Å². The predicted molar refractivity (Wildman–Crippen MR) is 41.6 cm³/mol. The van der Waals surface area contributed by atoms with Gasteiger partial charge in [0.05, 0.1) is 19.4 Å². The molecule has 1 aromatic heterocycles. The van der Waals surface area contributed by atoms with E-state index in [0.717, 1.165) is 0 Å². The summed E-state index contributed by atoms with van der Waals surface area (Å²) >= 11 is 0. The molecule has 2 heterocycles. The van der Waals surface area contributed by atoms with Crippen molar-refractivity contribution >= 4 is 5.69 Å². The van der Waals surface area contributed by atoms with Crippen LogP contribution in [0.15, 0.2) is 6.20 Å². The van der Waals surface area contributed by atoms with Gasteiger partial charge < -0.3 is 15.2 Å². The third-order valence-corrected chi connectivity index (χ3v) is 1.64. The minimum absolute atomic E-state index is 0.0726. The molecule has 0 aromatic carbocycles. The predicted octanol–water partition coefficient (Wildman–Crippen LogP) is -0.0245. The van der Waals surface area contributed by atoms with Crippen molar-refractivity contribution in [3.63, 3.8) is 0 Å². The van der Waals surface area contributed by atoms with Crippen LogP contribution in [0, 0.1) is 6.08 Å². The summed E-state index contributed by atoms with van der Waals surface area (Å²) in [7, 11) is 0. The second-order valence-corrected chi connectivity index (χ2v) is 2.68. The maximum Gasteiger partial charge on any atom is 0.311 e. The van der Waals surface area contributed by atoms with E-state index < -0.39 is 6.08 Å². The zero-order valence-corrected chi connectivity index (χ0v) is 6.74. The van der Waals surface area contributed by atoms with Crippen LogP contribution in [-0.4, -0.2) is 29.3 Å². The summed E-state index contributed by atoms with van der Waals surface area (Å²) in [6.07, 6.45) is 0.262. The maximum absolute atomic E-state index is 12.5. The van der Waals surface area contributed by atoms with E-state index in [4.69, 9.17) is 15.2 Å². The van der Waals surface area contributed by atoms with E-state index in [0.29, 0.717) is 13.2 Å². The van der Waals surface area contributed by atoms with Gasteiger partial charge in [0, 0.05) is 0 Å². The van der Waals surface area contributed by atoms with Crippen LogP contribution in [0.3, 0.4) is 0 Å². The topological polar surface area (TPSA) is 70.3 Å². The van der Waals surface area contributed by atoms with Gasteiger partial charge in [0.1, 0.15) is 11.8 Å². The summed E-state index contributed by atoms with van der Waals surface area (Å²) in [4.78, 5) is 6.69. The van der Waals surface area contributed by atoms with Crippen LogP contribution in [0.2, 0.25) is 0 Å². The molecule has 1 aromatic rings. The molecule has 2 N–H and O–H groups in total. The molecule has 1 fully saturated rings. The van der Waals surface area contributed by atoms with Crippen LogP contribution in [0.5, 0.6) is 5.88 Å². The molecular formula is C7H8FN3O2. The second kappa shape index (κ2) is 3.14. The summed E-state index contributed by atoms with van der Waals surface area (Å²) < 4.78 is 22.6. The third-order valence-electron chi connectivity index (χ3n) is 1.64. The first-order chi connectivity index (χ1) is 6.25. The number of nitrogens with two attached hydrogens (primary N) is 1. The number of anilines is 1. The Labute approximate surface area is 73.7 Å². The van der Waals surface area contributed by atoms with E-state index in [1.807, 2.05) is 0 Å². The van der Waals surface area contributed by atoms with E-state index >= 15 is 0 Å². The molecule has 13 heavy (non-hydrogen) atoms. The van der Waals surface area contributed by atoms with Crippen molar-refractivity contribution in [2.75, 3.05) is 18.9 Å². The highest BCUT2D eigenvalue weighted by atomic mass is 19.1. The molecular weight excluding hydrogens is 177 g/mol. The molecule has 1 aliphatic rings. The minimum Gasteiger partial charge on any atom is -0.468 e. The number of halogens is 1. The van der Waals surface area contributed by atoms with Crippen LogP contribution in [-0.2, 0) is 4.74 Å². The van der Waals surface area contributed by atoms with E-state index in [1.54, 1.807) is 0 Å². The highest BCUT2D eigenvalue weighted by Crippen LogP contribution is 2.19. The highest BCUT2D eigenvalue weighted by Gasteiger charge is 2.22. The van der Waals surface area contributed by atoms with Crippen molar-refractivity contribution < 1.29 is 13.9 Å². The molecule has 1 saturated heterocycles. The Bertz CT molecular complexity index is 317. The van der Waals surface area contributed by atoms with Crippen molar-refractivity contribution in [3.05, 3.63) is 12.3 Å². The highest BCUT2D eigenvalue weighted by molar-refractivity contribution is 5.44. The number of nitrogen functional groups attached to an aromatic ring is 1. The van der Waals surface area contributed by atoms with Crippen LogP contribution in [0.25, 0.3) is 0 Å². The normalized spacial score (nSPS) is 16.7. The summed E-state index contributed by atoms with van der Waals surface area (Å²) in [5.41, 5.74) is 5.69. The lowest BCUT2D eigenvalue weighted by Crippen LogP contribution is -2.39. The molecule has 2 rings (SSSR count). The number of hydrogen-bond acceptors (Lipinski definition) is 5. The largest absolute Gasteiger partial charge is 0.468 e. The van der Waals surface area contributed by atoms with Gasteiger partial charge in [-0.05, 0) is 0 Å². The molecule has 0 spiro atoms. The van der Waals surface area contributed by atoms with Crippen LogP contribution < -0.4 is 10.5 Å². The summed E-state index contributed by atoms with van der Waals surface area (Å²) in [5.74, 6) is 0.0841. The van der Waals surface area contributed by atoms with Crippen molar-refractivity contribution in [1.29, 1.82) is 0 Å². The second-order valence-electron chi connectivity index (χ2n) is 2.68. The average Bonchev–Trinajstić information content (AvgIpc) is 2.03. The number of hydrogen-bond donors (Lipinski definition) is 1. The zero-order chi connectivity index (χ0) is 9.26. The lowest BCUT2D eigenvalue weighted by atomic mass is 10.3. The molecule has 0 unspecified atom stereocenters. The first-order valence-electron chi connectivity index (χ1n) is 3.78. The fourth-order valence-corrected chi connectivity index (χ4v) is 0.890. The minimum atomic E-state index is -0.843. The first kappa shape index (κ1) is 8.18. The number of rotatable bonds is 2. The van der Waals surface area contributed by atoms with Crippen LogP contribution in [0.1, 0.15) is 0 Å². The van der Waals surface area contributed by atoms with E-state index in [9.17, 15) is 4.39 Å². The monoisotopic (exact) mass is 185 g/mol. The van der Waals surface area contributed by atoms with Crippen molar-refractivity contribution in [2.45, 2.75) is 6.10 Å². The number of nitrogens with zero attached hydrogens (tertiary/aromatic N) is 2. The summed E-state index contributed by atoms with van der Waals surface area (Å²) in [6, 6.07) is 0. The molecule has 0 atom stereocenters. The lowest BCUT2D eigenvalue weighted by Gasteiger charge is -2.26. The van der Waals surface area contributed by atoms with Gasteiger partial charge in [-0.1, -0.05) is 0 Å². The molecule has 5 nitrogen and oxygen atoms in total. The molecule has 0 aliphatic carbocycles. The van der Waals surface area contributed by atoms with Crippen LogP contribution in [0.4, 0.5) is 10.1 Å². The van der Waals surface area contributed by atoms with Crippen LogP contribution >= 0.6 is 0 Å². The van der Waals surface area contributed by atoms with Gasteiger partial charge in [-0.25, -0.2) is 4.98 Å². The van der Waals surface area contributed by atoms with Gasteiger partial charge in [0.15, 0.2) is 0 Å². The first-order valence-corrected chi connectivity index (χ1v) is 3.78. The fourth-order valence-electron chi connectivity index (χ4n) is 0.890.